The van der Waals surface area contributed by atoms with E-state index in [-0.39, 0.29) is 6.61 Å². The molecule has 7 rings (SSSR count). The molecule has 2 aromatic carbocycles. The number of nitrogens with zero attached hydrogens (tertiary/aromatic N) is 6. The van der Waals surface area contributed by atoms with Crippen molar-refractivity contribution in [3.05, 3.63) is 95.2 Å². The number of piperazine rings is 1. The molecule has 194 valence electrons. The summed E-state index contributed by atoms with van der Waals surface area (Å²) >= 11 is 3.32. The van der Waals surface area contributed by atoms with Crippen LogP contribution in [0.15, 0.2) is 85.5 Å². The number of aromatic nitrogens is 4. The molecule has 6 aromatic rings. The molecule has 0 atom stereocenters. The Morgan fingerprint density at radius 1 is 0.684 bits per heavy atom. The van der Waals surface area contributed by atoms with Crippen LogP contribution in [0, 0.1) is 0 Å². The minimum Gasteiger partial charge on any atom is -0.391 e. The largest absolute Gasteiger partial charge is 0.391 e. The van der Waals surface area contributed by atoms with Crippen LogP contribution >= 0.6 is 22.7 Å². The Kier molecular flexibility index (Phi) is 7.35. The highest BCUT2D eigenvalue weighted by atomic mass is 32.1. The van der Waals surface area contributed by atoms with E-state index in [1.807, 2.05) is 53.2 Å². The molecule has 1 aliphatic heterocycles. The number of fused-ring (bicyclic) bond motifs is 2. The van der Waals surface area contributed by atoms with Crippen molar-refractivity contribution in [3.63, 3.8) is 0 Å². The SMILES string of the molecule is CN1CCN(Cc2cn3cc(-c4ccccc4)nc3s2)CC1.OCc1cn2cc(-c3ccccc3)nc2s1. The van der Waals surface area contributed by atoms with Crippen molar-refractivity contribution in [2.75, 3.05) is 33.2 Å². The van der Waals surface area contributed by atoms with Crippen LogP contribution in [0.5, 0.6) is 0 Å². The first-order valence-electron chi connectivity index (χ1n) is 12.7. The van der Waals surface area contributed by atoms with Crippen molar-refractivity contribution in [2.45, 2.75) is 13.2 Å². The first-order valence-corrected chi connectivity index (χ1v) is 14.4. The van der Waals surface area contributed by atoms with Gasteiger partial charge >= 0.3 is 0 Å². The molecule has 5 heterocycles. The zero-order valence-electron chi connectivity index (χ0n) is 21.3. The number of imidazole rings is 2. The molecule has 7 nitrogen and oxygen atoms in total. The fourth-order valence-corrected chi connectivity index (χ4v) is 6.38. The van der Waals surface area contributed by atoms with E-state index in [0.29, 0.717) is 0 Å². The summed E-state index contributed by atoms with van der Waals surface area (Å²) in [6, 6.07) is 20.4. The van der Waals surface area contributed by atoms with Gasteiger partial charge < -0.3 is 10.0 Å². The molecule has 38 heavy (non-hydrogen) atoms. The monoisotopic (exact) mass is 542 g/mol. The quantitative estimate of drug-likeness (QED) is 0.318. The molecule has 0 unspecified atom stereocenters. The summed E-state index contributed by atoms with van der Waals surface area (Å²) in [5.74, 6) is 0. The zero-order valence-corrected chi connectivity index (χ0v) is 22.9. The first kappa shape index (κ1) is 25.0. The van der Waals surface area contributed by atoms with Crippen LogP contribution in [-0.4, -0.2) is 66.9 Å². The fraction of sp³-hybridized carbons (Fsp3) is 0.241. The summed E-state index contributed by atoms with van der Waals surface area (Å²) in [6.45, 7) is 5.77. The van der Waals surface area contributed by atoms with E-state index < -0.39 is 0 Å². The second-order valence-corrected chi connectivity index (χ2v) is 11.7. The lowest BCUT2D eigenvalue weighted by molar-refractivity contribution is 0.149. The highest BCUT2D eigenvalue weighted by molar-refractivity contribution is 7.17. The van der Waals surface area contributed by atoms with Gasteiger partial charge in [-0.3, -0.25) is 13.7 Å². The molecule has 0 radical (unpaired) electrons. The Morgan fingerprint density at radius 3 is 1.68 bits per heavy atom. The van der Waals surface area contributed by atoms with Gasteiger partial charge in [0.1, 0.15) is 0 Å². The van der Waals surface area contributed by atoms with E-state index in [1.54, 1.807) is 11.3 Å². The predicted molar refractivity (Wildman–Crippen MR) is 156 cm³/mol. The molecule has 1 N–H and O–H groups in total. The predicted octanol–water partition coefficient (Wildman–Crippen LogP) is 5.37. The van der Waals surface area contributed by atoms with Gasteiger partial charge in [-0.25, -0.2) is 9.97 Å². The highest BCUT2D eigenvalue weighted by Crippen LogP contribution is 2.25. The van der Waals surface area contributed by atoms with Crippen molar-refractivity contribution < 1.29 is 5.11 Å². The third-order valence-corrected chi connectivity index (χ3v) is 8.64. The maximum atomic E-state index is 9.01. The maximum Gasteiger partial charge on any atom is 0.194 e. The van der Waals surface area contributed by atoms with Crippen LogP contribution in [0.2, 0.25) is 0 Å². The minimum atomic E-state index is 0.0781. The molecular formula is C29H30N6OS2. The van der Waals surface area contributed by atoms with E-state index in [0.717, 1.165) is 51.4 Å². The second kappa shape index (κ2) is 11.2. The van der Waals surface area contributed by atoms with Gasteiger partial charge in [0.2, 0.25) is 0 Å². The summed E-state index contributed by atoms with van der Waals surface area (Å²) in [4.78, 5) is 18.5. The Labute approximate surface area is 229 Å². The van der Waals surface area contributed by atoms with Crippen molar-refractivity contribution in [2.24, 2.45) is 0 Å². The van der Waals surface area contributed by atoms with Crippen molar-refractivity contribution in [1.82, 2.24) is 28.6 Å². The minimum absolute atomic E-state index is 0.0781. The van der Waals surface area contributed by atoms with Gasteiger partial charge in [-0.2, -0.15) is 0 Å². The molecule has 1 fully saturated rings. The Morgan fingerprint density at radius 2 is 1.18 bits per heavy atom. The molecule has 0 amide bonds. The van der Waals surface area contributed by atoms with Crippen molar-refractivity contribution in [3.8, 4) is 22.5 Å². The average molecular weight is 543 g/mol. The van der Waals surface area contributed by atoms with Crippen molar-refractivity contribution >= 4 is 32.6 Å². The van der Waals surface area contributed by atoms with Crippen LogP contribution in [0.3, 0.4) is 0 Å². The summed E-state index contributed by atoms with van der Waals surface area (Å²) in [5, 5.41) is 9.01. The third kappa shape index (κ3) is 5.57. The topological polar surface area (TPSA) is 61.3 Å². The fourth-order valence-electron chi connectivity index (χ4n) is 4.56. The van der Waals surface area contributed by atoms with E-state index in [4.69, 9.17) is 10.1 Å². The molecule has 0 spiro atoms. The molecular weight excluding hydrogens is 512 g/mol. The number of hydrogen-bond acceptors (Lipinski definition) is 7. The van der Waals surface area contributed by atoms with Crippen LogP contribution in [0.4, 0.5) is 0 Å². The molecule has 4 aromatic heterocycles. The number of benzene rings is 2. The van der Waals surface area contributed by atoms with Crippen LogP contribution in [0.25, 0.3) is 32.4 Å². The standard InChI is InChI=1S/C17H20N4S.C12H10N2OS/c1-19-7-9-20(10-8-19)11-15-12-21-13-16(18-17(21)22-15)14-5-3-2-4-6-14;15-8-10-6-14-7-11(13-12(14)16-10)9-4-2-1-3-5-9/h2-6,12-13H,7-11H2,1H3;1-7,15H,8H2. The lowest BCUT2D eigenvalue weighted by Gasteiger charge is -2.31. The molecule has 0 saturated carbocycles. The van der Waals surface area contributed by atoms with Gasteiger partial charge in [0.25, 0.3) is 0 Å². The van der Waals surface area contributed by atoms with Crippen molar-refractivity contribution in [1.29, 1.82) is 0 Å². The number of rotatable bonds is 5. The number of likely N-dealkylation sites (N-methyl/N-ethyl adjacent to an activating group) is 1. The van der Waals surface area contributed by atoms with Gasteiger partial charge in [0, 0.05) is 73.5 Å². The maximum absolute atomic E-state index is 9.01. The number of aliphatic hydroxyl groups is 1. The third-order valence-electron chi connectivity index (χ3n) is 6.68. The molecule has 1 aliphatic rings. The summed E-state index contributed by atoms with van der Waals surface area (Å²) in [6.07, 6.45) is 8.27. The Bertz CT molecular complexity index is 1550. The van der Waals surface area contributed by atoms with E-state index in [9.17, 15) is 0 Å². The Balaban J connectivity index is 0.000000146. The number of aliphatic hydroxyl groups excluding tert-OH is 1. The van der Waals surface area contributed by atoms with E-state index in [2.05, 4.69) is 62.9 Å². The Hall–Kier alpha value is -3.34. The average Bonchev–Trinajstić information content (AvgIpc) is 3.71. The summed E-state index contributed by atoms with van der Waals surface area (Å²) in [7, 11) is 2.20. The molecule has 9 heteroatoms. The lowest BCUT2D eigenvalue weighted by Crippen LogP contribution is -2.43. The first-order chi connectivity index (χ1) is 18.6. The molecule has 1 saturated heterocycles. The van der Waals surface area contributed by atoms with Gasteiger partial charge in [0.15, 0.2) is 9.92 Å². The van der Waals surface area contributed by atoms with Gasteiger partial charge in [0.05, 0.1) is 22.9 Å². The zero-order chi connectivity index (χ0) is 25.9. The van der Waals surface area contributed by atoms with Gasteiger partial charge in [-0.15, -0.1) is 0 Å². The van der Waals surface area contributed by atoms with Gasteiger partial charge in [-0.05, 0) is 7.05 Å². The molecule has 0 bridgehead atoms. The lowest BCUT2D eigenvalue weighted by atomic mass is 10.2. The van der Waals surface area contributed by atoms with Crippen LogP contribution in [0.1, 0.15) is 9.75 Å². The smallest absolute Gasteiger partial charge is 0.194 e. The van der Waals surface area contributed by atoms with Crippen LogP contribution in [-0.2, 0) is 13.2 Å². The normalized spacial score (nSPS) is 14.7. The summed E-state index contributed by atoms with van der Waals surface area (Å²) in [5.41, 5.74) is 4.32. The number of thiazole rings is 2. The molecule has 0 aliphatic carbocycles. The van der Waals surface area contributed by atoms with Crippen LogP contribution < -0.4 is 0 Å². The highest BCUT2D eigenvalue weighted by Gasteiger charge is 2.16. The van der Waals surface area contributed by atoms with E-state index in [1.165, 1.54) is 34.9 Å². The number of hydrogen-bond donors (Lipinski definition) is 1. The van der Waals surface area contributed by atoms with Gasteiger partial charge in [-0.1, -0.05) is 83.3 Å². The van der Waals surface area contributed by atoms with E-state index >= 15 is 0 Å². The summed E-state index contributed by atoms with van der Waals surface area (Å²) < 4.78 is 4.12. The second-order valence-electron chi connectivity index (χ2n) is 9.50.